The Hall–Kier alpha value is -2.04. The highest BCUT2D eigenvalue weighted by atomic mass is 16.5. The average molecular weight is 235 g/mol. The minimum absolute atomic E-state index is 0.209. The van der Waals surface area contributed by atoms with Crippen molar-refractivity contribution >= 4 is 17.1 Å². The summed E-state index contributed by atoms with van der Waals surface area (Å²) in [6.45, 7) is 0. The Morgan fingerprint density at radius 3 is 3.06 bits per heavy atom. The number of aryl methyl sites for hydroxylation is 1. The summed E-state index contributed by atoms with van der Waals surface area (Å²) < 4.78 is 9.51. The molecule has 1 N–H and O–H groups in total. The molecule has 0 saturated carbocycles. The summed E-state index contributed by atoms with van der Waals surface area (Å²) in [6.07, 6.45) is 1.86. The molecule has 1 heterocycles. The third-order valence-corrected chi connectivity index (χ3v) is 2.56. The summed E-state index contributed by atoms with van der Waals surface area (Å²) >= 11 is 0. The van der Waals surface area contributed by atoms with Crippen LogP contribution in [0, 0.1) is 0 Å². The van der Waals surface area contributed by atoms with E-state index in [4.69, 9.17) is 4.42 Å². The van der Waals surface area contributed by atoms with Crippen molar-refractivity contribution in [2.24, 2.45) is 0 Å². The number of aromatic nitrogens is 1. The number of rotatable bonds is 4. The van der Waals surface area contributed by atoms with E-state index in [2.05, 4.69) is 9.72 Å². The fraction of sp³-hybridized carbons (Fsp3) is 0.333. The molecule has 0 fully saturated rings. The second-order valence-corrected chi connectivity index (χ2v) is 3.77. The highest BCUT2D eigenvalue weighted by Gasteiger charge is 2.04. The zero-order chi connectivity index (χ0) is 12.3. The van der Waals surface area contributed by atoms with E-state index in [1.165, 1.54) is 7.11 Å². The van der Waals surface area contributed by atoms with Crippen LogP contribution in [0.3, 0.4) is 0 Å². The molecule has 0 saturated heterocycles. The number of methoxy groups -OCH3 is 1. The van der Waals surface area contributed by atoms with Gasteiger partial charge in [-0.2, -0.15) is 0 Å². The summed E-state index contributed by atoms with van der Waals surface area (Å²) in [6, 6.07) is 5.52. The minimum atomic E-state index is -0.452. The van der Waals surface area contributed by atoms with E-state index in [0.29, 0.717) is 23.9 Å². The Bertz CT molecular complexity index is 581. The normalized spacial score (nSPS) is 10.6. The molecule has 5 nitrogen and oxygen atoms in total. The van der Waals surface area contributed by atoms with Gasteiger partial charge in [-0.05, 0) is 30.5 Å². The smallest absolute Gasteiger partial charge is 0.417 e. The lowest BCUT2D eigenvalue weighted by molar-refractivity contribution is -0.140. The molecule has 5 heteroatoms. The minimum Gasteiger partial charge on any atom is -0.469 e. The number of carbonyl (C=O) groups excluding carboxylic acids is 1. The molecule has 2 rings (SSSR count). The van der Waals surface area contributed by atoms with Crippen LogP contribution in [0.4, 0.5) is 0 Å². The van der Waals surface area contributed by atoms with Gasteiger partial charge in [-0.25, -0.2) is 4.79 Å². The third kappa shape index (κ3) is 2.75. The molecule has 0 bridgehead atoms. The average Bonchev–Trinajstić information content (AvgIpc) is 2.68. The lowest BCUT2D eigenvalue weighted by Crippen LogP contribution is -2.00. The maximum absolute atomic E-state index is 11.0. The number of esters is 1. The van der Waals surface area contributed by atoms with Crippen molar-refractivity contribution < 1.29 is 13.9 Å². The number of nitrogens with one attached hydrogen (secondary N) is 1. The third-order valence-electron chi connectivity index (χ3n) is 2.56. The van der Waals surface area contributed by atoms with Gasteiger partial charge in [0.2, 0.25) is 0 Å². The van der Waals surface area contributed by atoms with Gasteiger partial charge in [0.05, 0.1) is 12.6 Å². The molecule has 0 atom stereocenters. The van der Waals surface area contributed by atoms with Gasteiger partial charge < -0.3 is 9.15 Å². The maximum atomic E-state index is 11.0. The first-order valence-corrected chi connectivity index (χ1v) is 5.37. The van der Waals surface area contributed by atoms with Crippen molar-refractivity contribution in [1.82, 2.24) is 4.98 Å². The second kappa shape index (κ2) is 4.86. The second-order valence-electron chi connectivity index (χ2n) is 3.77. The number of aromatic amines is 1. The van der Waals surface area contributed by atoms with Gasteiger partial charge in [0.1, 0.15) is 0 Å². The van der Waals surface area contributed by atoms with Gasteiger partial charge in [-0.1, -0.05) is 6.07 Å². The first kappa shape index (κ1) is 11.4. The van der Waals surface area contributed by atoms with E-state index in [1.807, 2.05) is 12.1 Å². The molecule has 0 spiro atoms. The van der Waals surface area contributed by atoms with Crippen LogP contribution in [0.2, 0.25) is 0 Å². The molecule has 0 aliphatic carbocycles. The highest BCUT2D eigenvalue weighted by Crippen LogP contribution is 2.14. The first-order chi connectivity index (χ1) is 8.19. The van der Waals surface area contributed by atoms with Gasteiger partial charge in [0.25, 0.3) is 0 Å². The Balaban J connectivity index is 2.04. The number of carbonyl (C=O) groups is 1. The van der Waals surface area contributed by atoms with Crippen LogP contribution in [0.1, 0.15) is 18.4 Å². The van der Waals surface area contributed by atoms with Crippen LogP contribution in [0.5, 0.6) is 0 Å². The Morgan fingerprint density at radius 1 is 1.47 bits per heavy atom. The topological polar surface area (TPSA) is 72.3 Å². The molecule has 1 aromatic carbocycles. The number of oxazole rings is 1. The van der Waals surface area contributed by atoms with Crippen LogP contribution in [0.15, 0.2) is 27.4 Å². The van der Waals surface area contributed by atoms with Crippen molar-refractivity contribution in [3.8, 4) is 0 Å². The fourth-order valence-corrected chi connectivity index (χ4v) is 1.68. The number of H-pyrrole nitrogens is 1. The number of fused-ring (bicyclic) bond motifs is 1. The molecule has 0 unspecified atom stereocenters. The number of hydrogen-bond acceptors (Lipinski definition) is 4. The van der Waals surface area contributed by atoms with E-state index in [9.17, 15) is 9.59 Å². The Kier molecular flexibility index (Phi) is 3.27. The van der Waals surface area contributed by atoms with Crippen LogP contribution in [0.25, 0.3) is 11.1 Å². The van der Waals surface area contributed by atoms with Gasteiger partial charge >= 0.3 is 11.7 Å². The number of ether oxygens (including phenoxy) is 1. The summed E-state index contributed by atoms with van der Waals surface area (Å²) in [7, 11) is 1.38. The summed E-state index contributed by atoms with van der Waals surface area (Å²) in [4.78, 5) is 24.5. The Labute approximate surface area is 97.4 Å². The molecule has 17 heavy (non-hydrogen) atoms. The first-order valence-electron chi connectivity index (χ1n) is 5.37. The molecule has 0 radical (unpaired) electrons. The van der Waals surface area contributed by atoms with Gasteiger partial charge in [-0.3, -0.25) is 9.78 Å². The summed E-state index contributed by atoms with van der Waals surface area (Å²) in [5.74, 6) is -0.661. The largest absolute Gasteiger partial charge is 0.469 e. The van der Waals surface area contributed by atoms with Crippen LogP contribution in [-0.2, 0) is 16.0 Å². The summed E-state index contributed by atoms with van der Waals surface area (Å²) in [5.41, 5.74) is 2.27. The quantitative estimate of drug-likeness (QED) is 0.817. The lowest BCUT2D eigenvalue weighted by Gasteiger charge is -2.00. The monoisotopic (exact) mass is 235 g/mol. The summed E-state index contributed by atoms with van der Waals surface area (Å²) in [5, 5.41) is 0. The van der Waals surface area contributed by atoms with Crippen molar-refractivity contribution in [3.05, 3.63) is 34.3 Å². The number of hydrogen-bond donors (Lipinski definition) is 1. The zero-order valence-electron chi connectivity index (χ0n) is 9.49. The predicted octanol–water partition coefficient (Wildman–Crippen LogP) is 1.62. The van der Waals surface area contributed by atoms with Crippen LogP contribution >= 0.6 is 0 Å². The molecule has 0 amide bonds. The van der Waals surface area contributed by atoms with Gasteiger partial charge in [0, 0.05) is 6.42 Å². The van der Waals surface area contributed by atoms with Gasteiger partial charge in [0.15, 0.2) is 5.58 Å². The predicted molar refractivity (Wildman–Crippen MR) is 61.8 cm³/mol. The number of benzene rings is 1. The van der Waals surface area contributed by atoms with Crippen LogP contribution < -0.4 is 5.76 Å². The molecular formula is C12H13NO4. The standard InChI is InChI=1S/C12H13NO4/c1-16-11(14)4-2-3-8-5-6-9-10(7-8)17-12(15)13-9/h5-7H,2-4H2,1H3,(H,13,15). The molecular weight excluding hydrogens is 222 g/mol. The Morgan fingerprint density at radius 2 is 2.29 bits per heavy atom. The van der Waals surface area contributed by atoms with Crippen molar-refractivity contribution in [2.45, 2.75) is 19.3 Å². The van der Waals surface area contributed by atoms with E-state index >= 15 is 0 Å². The molecule has 0 aliphatic rings. The van der Waals surface area contributed by atoms with E-state index < -0.39 is 5.76 Å². The van der Waals surface area contributed by atoms with Crippen molar-refractivity contribution in [1.29, 1.82) is 0 Å². The van der Waals surface area contributed by atoms with Crippen molar-refractivity contribution in [2.75, 3.05) is 7.11 Å². The molecule has 2 aromatic rings. The molecule has 90 valence electrons. The molecule has 0 aliphatic heterocycles. The van der Waals surface area contributed by atoms with E-state index in [0.717, 1.165) is 12.0 Å². The van der Waals surface area contributed by atoms with E-state index in [1.54, 1.807) is 6.07 Å². The SMILES string of the molecule is COC(=O)CCCc1ccc2[nH]c(=O)oc2c1. The fourth-order valence-electron chi connectivity index (χ4n) is 1.68. The maximum Gasteiger partial charge on any atom is 0.417 e. The molecule has 1 aromatic heterocycles. The van der Waals surface area contributed by atoms with Crippen LogP contribution in [-0.4, -0.2) is 18.1 Å². The van der Waals surface area contributed by atoms with Crippen molar-refractivity contribution in [3.63, 3.8) is 0 Å². The van der Waals surface area contributed by atoms with E-state index in [-0.39, 0.29) is 5.97 Å². The zero-order valence-corrected chi connectivity index (χ0v) is 9.49. The lowest BCUT2D eigenvalue weighted by atomic mass is 10.1. The van der Waals surface area contributed by atoms with Gasteiger partial charge in [-0.15, -0.1) is 0 Å². The highest BCUT2D eigenvalue weighted by molar-refractivity contribution is 5.72.